The van der Waals surface area contributed by atoms with E-state index >= 15 is 0 Å². The zero-order valence-electron chi connectivity index (χ0n) is 10.5. The molecule has 3 atom stereocenters. The first-order chi connectivity index (χ1) is 8.20. The molecule has 0 aromatic heterocycles. The van der Waals surface area contributed by atoms with Gasteiger partial charge in [0, 0.05) is 10.5 Å². The largest absolute Gasteiger partial charge is 0.327 e. The molecule has 2 rings (SSSR count). The molecule has 0 aliphatic heterocycles. The van der Waals surface area contributed by atoms with Crippen molar-refractivity contribution in [2.45, 2.75) is 45.1 Å². The maximum atomic E-state index is 6.38. The number of hydrogen-bond donors (Lipinski definition) is 1. The Kier molecular flexibility index (Phi) is 4.63. The molecule has 0 bridgehead atoms. The lowest BCUT2D eigenvalue weighted by Crippen LogP contribution is -2.31. The molecular weight excluding hydrogens is 274 g/mol. The summed E-state index contributed by atoms with van der Waals surface area (Å²) in [6.45, 7) is 2.30. The Bertz CT molecular complexity index is 364. The van der Waals surface area contributed by atoms with Gasteiger partial charge in [-0.05, 0) is 42.7 Å². The molecule has 1 nitrogen and oxygen atoms in total. The third-order valence-electron chi connectivity index (χ3n) is 4.18. The molecule has 2 N–H and O–H groups in total. The first-order valence-corrected chi connectivity index (χ1v) is 7.49. The van der Waals surface area contributed by atoms with Gasteiger partial charge >= 0.3 is 0 Å². The summed E-state index contributed by atoms with van der Waals surface area (Å²) in [4.78, 5) is 0. The van der Waals surface area contributed by atoms with Crippen LogP contribution in [-0.2, 0) is 6.42 Å². The summed E-state index contributed by atoms with van der Waals surface area (Å²) in [6.07, 6.45) is 6.36. The number of rotatable bonds is 4. The first-order valence-electron chi connectivity index (χ1n) is 6.69. The summed E-state index contributed by atoms with van der Waals surface area (Å²) in [5.74, 6) is 1.65. The highest BCUT2D eigenvalue weighted by Gasteiger charge is 2.28. The Balaban J connectivity index is 1.94. The molecule has 17 heavy (non-hydrogen) atoms. The predicted molar refractivity (Wildman–Crippen MR) is 76.9 cm³/mol. The second-order valence-corrected chi connectivity index (χ2v) is 6.16. The van der Waals surface area contributed by atoms with Crippen LogP contribution in [0.15, 0.2) is 28.7 Å². The second kappa shape index (κ2) is 6.01. The predicted octanol–water partition coefficient (Wildman–Crippen LogP) is 4.15. The number of benzene rings is 1. The van der Waals surface area contributed by atoms with E-state index in [1.165, 1.54) is 35.7 Å². The average Bonchev–Trinajstić information content (AvgIpc) is 2.81. The van der Waals surface area contributed by atoms with Gasteiger partial charge in [0.2, 0.25) is 0 Å². The van der Waals surface area contributed by atoms with Gasteiger partial charge in [-0.3, -0.25) is 0 Å². The highest BCUT2D eigenvalue weighted by molar-refractivity contribution is 9.10. The molecule has 0 radical (unpaired) electrons. The van der Waals surface area contributed by atoms with E-state index < -0.39 is 0 Å². The molecule has 0 heterocycles. The minimum Gasteiger partial charge on any atom is -0.327 e. The van der Waals surface area contributed by atoms with Crippen LogP contribution in [0.25, 0.3) is 0 Å². The van der Waals surface area contributed by atoms with Crippen molar-refractivity contribution in [1.82, 2.24) is 0 Å². The van der Waals surface area contributed by atoms with Gasteiger partial charge in [-0.15, -0.1) is 0 Å². The molecule has 1 fully saturated rings. The van der Waals surface area contributed by atoms with E-state index in [1.54, 1.807) is 0 Å². The van der Waals surface area contributed by atoms with Crippen molar-refractivity contribution in [2.75, 3.05) is 0 Å². The van der Waals surface area contributed by atoms with Gasteiger partial charge in [-0.1, -0.05) is 53.9 Å². The van der Waals surface area contributed by atoms with Crippen LogP contribution in [-0.4, -0.2) is 6.04 Å². The van der Waals surface area contributed by atoms with Crippen molar-refractivity contribution in [3.05, 3.63) is 34.3 Å². The number of halogens is 1. The van der Waals surface area contributed by atoms with Crippen molar-refractivity contribution in [2.24, 2.45) is 17.6 Å². The second-order valence-electron chi connectivity index (χ2n) is 5.31. The summed E-state index contributed by atoms with van der Waals surface area (Å²) in [5, 5.41) is 0. The molecule has 2 heteroatoms. The maximum absolute atomic E-state index is 6.38. The van der Waals surface area contributed by atoms with Gasteiger partial charge in [0.1, 0.15) is 0 Å². The number of hydrogen-bond acceptors (Lipinski definition) is 1. The quantitative estimate of drug-likeness (QED) is 0.887. The molecule has 0 spiro atoms. The fourth-order valence-electron chi connectivity index (χ4n) is 2.96. The third-order valence-corrected chi connectivity index (χ3v) is 4.95. The minimum absolute atomic E-state index is 0.324. The fourth-order valence-corrected chi connectivity index (χ4v) is 3.40. The first kappa shape index (κ1) is 13.1. The monoisotopic (exact) mass is 295 g/mol. The SMILES string of the molecule is CCC1CCC(C(N)Cc2ccccc2Br)C1. The highest BCUT2D eigenvalue weighted by atomic mass is 79.9. The Morgan fingerprint density at radius 3 is 2.76 bits per heavy atom. The molecular formula is C15H22BrN. The van der Waals surface area contributed by atoms with E-state index in [0.717, 1.165) is 18.3 Å². The molecule has 1 aliphatic rings. The van der Waals surface area contributed by atoms with Crippen molar-refractivity contribution < 1.29 is 0 Å². The fraction of sp³-hybridized carbons (Fsp3) is 0.600. The van der Waals surface area contributed by atoms with Crippen LogP contribution in [0.1, 0.15) is 38.2 Å². The van der Waals surface area contributed by atoms with Crippen LogP contribution in [0.5, 0.6) is 0 Å². The molecule has 3 unspecified atom stereocenters. The van der Waals surface area contributed by atoms with E-state index in [2.05, 4.69) is 47.1 Å². The molecule has 1 aromatic carbocycles. The van der Waals surface area contributed by atoms with Crippen LogP contribution in [0.4, 0.5) is 0 Å². The van der Waals surface area contributed by atoms with E-state index in [9.17, 15) is 0 Å². The lowest BCUT2D eigenvalue weighted by molar-refractivity contribution is 0.405. The van der Waals surface area contributed by atoms with Gasteiger partial charge in [0.05, 0.1) is 0 Å². The molecule has 1 aliphatic carbocycles. The van der Waals surface area contributed by atoms with Gasteiger partial charge in [-0.2, -0.15) is 0 Å². The summed E-state index contributed by atoms with van der Waals surface area (Å²) in [5.41, 5.74) is 7.72. The van der Waals surface area contributed by atoms with Crippen molar-refractivity contribution in [3.63, 3.8) is 0 Å². The standard InChI is InChI=1S/C15H22BrN/c1-2-11-7-8-13(9-11)15(17)10-12-5-3-4-6-14(12)16/h3-6,11,13,15H,2,7-10,17H2,1H3. The number of nitrogens with two attached hydrogens (primary N) is 1. The van der Waals surface area contributed by atoms with Crippen LogP contribution >= 0.6 is 15.9 Å². The summed E-state index contributed by atoms with van der Waals surface area (Å²) >= 11 is 3.60. The summed E-state index contributed by atoms with van der Waals surface area (Å²) in [6, 6.07) is 8.75. The Hall–Kier alpha value is -0.340. The lowest BCUT2D eigenvalue weighted by Gasteiger charge is -2.20. The van der Waals surface area contributed by atoms with Crippen molar-refractivity contribution in [1.29, 1.82) is 0 Å². The smallest absolute Gasteiger partial charge is 0.0207 e. The molecule has 94 valence electrons. The highest BCUT2D eigenvalue weighted by Crippen LogP contribution is 2.35. The van der Waals surface area contributed by atoms with Crippen LogP contribution < -0.4 is 5.73 Å². The Labute approximate surface area is 113 Å². The molecule has 1 aromatic rings. The minimum atomic E-state index is 0.324. The summed E-state index contributed by atoms with van der Waals surface area (Å²) in [7, 11) is 0. The van der Waals surface area contributed by atoms with Gasteiger partial charge < -0.3 is 5.73 Å². The molecule has 0 amide bonds. The normalized spacial score (nSPS) is 26.1. The van der Waals surface area contributed by atoms with Crippen LogP contribution in [0.2, 0.25) is 0 Å². The van der Waals surface area contributed by atoms with E-state index in [4.69, 9.17) is 5.73 Å². The van der Waals surface area contributed by atoms with Gasteiger partial charge in [0.25, 0.3) is 0 Å². The van der Waals surface area contributed by atoms with Crippen LogP contribution in [0, 0.1) is 11.8 Å². The zero-order chi connectivity index (χ0) is 12.3. The lowest BCUT2D eigenvalue weighted by atomic mass is 9.92. The van der Waals surface area contributed by atoms with E-state index in [-0.39, 0.29) is 0 Å². The average molecular weight is 296 g/mol. The Morgan fingerprint density at radius 1 is 1.35 bits per heavy atom. The van der Waals surface area contributed by atoms with Gasteiger partial charge in [-0.25, -0.2) is 0 Å². The van der Waals surface area contributed by atoms with E-state index in [1.807, 2.05) is 0 Å². The topological polar surface area (TPSA) is 26.0 Å². The van der Waals surface area contributed by atoms with Crippen molar-refractivity contribution in [3.8, 4) is 0 Å². The van der Waals surface area contributed by atoms with Crippen LogP contribution in [0.3, 0.4) is 0 Å². The zero-order valence-corrected chi connectivity index (χ0v) is 12.1. The maximum Gasteiger partial charge on any atom is 0.0207 e. The Morgan fingerprint density at radius 2 is 2.12 bits per heavy atom. The van der Waals surface area contributed by atoms with Gasteiger partial charge in [0.15, 0.2) is 0 Å². The molecule has 1 saturated carbocycles. The summed E-state index contributed by atoms with van der Waals surface area (Å²) < 4.78 is 1.19. The van der Waals surface area contributed by atoms with E-state index in [0.29, 0.717) is 6.04 Å². The molecule has 0 saturated heterocycles. The third kappa shape index (κ3) is 3.32. The van der Waals surface area contributed by atoms with Crippen molar-refractivity contribution >= 4 is 15.9 Å².